The van der Waals surface area contributed by atoms with Gasteiger partial charge in [-0.25, -0.2) is 0 Å². The van der Waals surface area contributed by atoms with Crippen LogP contribution >= 0.6 is 0 Å². The van der Waals surface area contributed by atoms with E-state index in [2.05, 4.69) is 0 Å². The summed E-state index contributed by atoms with van der Waals surface area (Å²) in [7, 11) is 0. The molecule has 0 unspecified atom stereocenters. The summed E-state index contributed by atoms with van der Waals surface area (Å²) < 4.78 is 38.1. The molecule has 1 nitrogen and oxygen atoms in total. The van der Waals surface area contributed by atoms with E-state index in [4.69, 9.17) is 0 Å². The number of alkyl halides is 3. The highest BCUT2D eigenvalue weighted by molar-refractivity contribution is 5.69. The lowest BCUT2D eigenvalue weighted by molar-refractivity contribution is -0.138. The van der Waals surface area contributed by atoms with E-state index in [1.165, 1.54) is 6.07 Å². The van der Waals surface area contributed by atoms with Crippen LogP contribution in [0.15, 0.2) is 42.5 Å². The first-order valence-corrected chi connectivity index (χ1v) is 5.36. The van der Waals surface area contributed by atoms with Crippen LogP contribution in [0.4, 0.5) is 13.2 Å². The van der Waals surface area contributed by atoms with Crippen molar-refractivity contribution in [2.24, 2.45) is 0 Å². The Hall–Kier alpha value is -1.97. The number of benzene rings is 2. The third kappa shape index (κ3) is 2.32. The van der Waals surface area contributed by atoms with Crippen LogP contribution in [0.25, 0.3) is 11.1 Å². The molecule has 0 aliphatic carbocycles. The predicted molar refractivity (Wildman–Crippen MR) is 63.3 cm³/mol. The second-order valence-electron chi connectivity index (χ2n) is 4.04. The van der Waals surface area contributed by atoms with Gasteiger partial charge in [-0.3, -0.25) is 0 Å². The number of hydrogen-bond acceptors (Lipinski definition) is 1. The van der Waals surface area contributed by atoms with Gasteiger partial charge in [0.25, 0.3) is 0 Å². The summed E-state index contributed by atoms with van der Waals surface area (Å²) >= 11 is 0. The molecule has 0 aliphatic heterocycles. The van der Waals surface area contributed by atoms with E-state index in [9.17, 15) is 18.3 Å². The molecule has 2 aromatic carbocycles. The molecule has 4 heteroatoms. The van der Waals surface area contributed by atoms with Crippen molar-refractivity contribution in [2.75, 3.05) is 0 Å². The minimum Gasteiger partial charge on any atom is -0.507 e. The van der Waals surface area contributed by atoms with E-state index >= 15 is 0 Å². The van der Waals surface area contributed by atoms with Gasteiger partial charge in [-0.1, -0.05) is 30.3 Å². The Morgan fingerprint density at radius 1 is 1.00 bits per heavy atom. The highest BCUT2D eigenvalue weighted by Gasteiger charge is 2.34. The first-order chi connectivity index (χ1) is 8.39. The summed E-state index contributed by atoms with van der Waals surface area (Å²) in [4.78, 5) is 0. The molecule has 0 atom stereocenters. The van der Waals surface area contributed by atoms with Gasteiger partial charge in [0.2, 0.25) is 0 Å². The van der Waals surface area contributed by atoms with Crippen LogP contribution in [0.5, 0.6) is 5.75 Å². The molecule has 0 amide bonds. The fraction of sp³-hybridized carbons (Fsp3) is 0.143. The first-order valence-electron chi connectivity index (χ1n) is 5.36. The topological polar surface area (TPSA) is 20.2 Å². The van der Waals surface area contributed by atoms with Crippen molar-refractivity contribution in [3.63, 3.8) is 0 Å². The highest BCUT2D eigenvalue weighted by Crippen LogP contribution is 2.38. The lowest BCUT2D eigenvalue weighted by Gasteiger charge is -2.12. The second kappa shape index (κ2) is 4.37. The van der Waals surface area contributed by atoms with Gasteiger partial charge in [0.1, 0.15) is 5.75 Å². The molecular formula is C14H11F3O. The Morgan fingerprint density at radius 3 is 2.28 bits per heavy atom. The van der Waals surface area contributed by atoms with Crippen LogP contribution < -0.4 is 0 Å². The molecule has 0 heterocycles. The van der Waals surface area contributed by atoms with Crippen LogP contribution in [-0.2, 0) is 6.18 Å². The molecule has 0 bridgehead atoms. The first kappa shape index (κ1) is 12.5. The Labute approximate surface area is 103 Å². The number of phenolic OH excluding ortho intramolecular Hbond substituents is 1. The fourth-order valence-corrected chi connectivity index (χ4v) is 1.83. The fourth-order valence-electron chi connectivity index (χ4n) is 1.83. The van der Waals surface area contributed by atoms with Crippen LogP contribution in [0.1, 0.15) is 11.1 Å². The molecule has 0 saturated carbocycles. The number of phenols is 1. The molecule has 18 heavy (non-hydrogen) atoms. The van der Waals surface area contributed by atoms with Gasteiger partial charge in [-0.2, -0.15) is 13.2 Å². The molecule has 0 spiro atoms. The Morgan fingerprint density at radius 2 is 1.67 bits per heavy atom. The van der Waals surface area contributed by atoms with Gasteiger partial charge < -0.3 is 5.11 Å². The van der Waals surface area contributed by atoms with E-state index in [1.807, 2.05) is 19.1 Å². The van der Waals surface area contributed by atoms with Crippen molar-refractivity contribution in [2.45, 2.75) is 13.1 Å². The molecule has 94 valence electrons. The van der Waals surface area contributed by atoms with Gasteiger partial charge in [-0.15, -0.1) is 0 Å². The van der Waals surface area contributed by atoms with Gasteiger partial charge in [0.05, 0.1) is 5.56 Å². The summed E-state index contributed by atoms with van der Waals surface area (Å²) in [6.45, 7) is 1.83. The van der Waals surface area contributed by atoms with E-state index in [0.717, 1.165) is 23.3 Å². The Balaban J connectivity index is 2.58. The van der Waals surface area contributed by atoms with Crippen molar-refractivity contribution in [3.8, 4) is 16.9 Å². The van der Waals surface area contributed by atoms with Gasteiger partial charge >= 0.3 is 6.18 Å². The maximum atomic E-state index is 12.7. The number of rotatable bonds is 1. The minimum atomic E-state index is -4.55. The van der Waals surface area contributed by atoms with E-state index in [-0.39, 0.29) is 0 Å². The molecule has 0 fully saturated rings. The summed E-state index contributed by atoms with van der Waals surface area (Å²) in [5.74, 6) is -0.750. The van der Waals surface area contributed by atoms with Crippen molar-refractivity contribution >= 4 is 0 Å². The molecule has 0 saturated heterocycles. The molecule has 2 aromatic rings. The summed E-state index contributed by atoms with van der Waals surface area (Å²) in [5, 5.41) is 9.27. The van der Waals surface area contributed by atoms with Gasteiger partial charge in [0, 0.05) is 0 Å². The average Bonchev–Trinajstić information content (AvgIpc) is 2.29. The van der Waals surface area contributed by atoms with Crippen molar-refractivity contribution < 1.29 is 18.3 Å². The average molecular weight is 252 g/mol. The third-order valence-corrected chi connectivity index (χ3v) is 2.76. The lowest BCUT2D eigenvalue weighted by atomic mass is 9.98. The molecule has 2 rings (SSSR count). The monoisotopic (exact) mass is 252 g/mol. The lowest BCUT2D eigenvalue weighted by Crippen LogP contribution is -2.05. The normalized spacial score (nSPS) is 11.6. The number of hydrogen-bond donors (Lipinski definition) is 1. The van der Waals surface area contributed by atoms with E-state index < -0.39 is 17.5 Å². The molecule has 0 aliphatic rings. The zero-order chi connectivity index (χ0) is 13.3. The van der Waals surface area contributed by atoms with Crippen molar-refractivity contribution in [1.82, 2.24) is 0 Å². The molecular weight excluding hydrogens is 241 g/mol. The SMILES string of the molecule is Cc1ccccc1-c1ccc(O)c(C(F)(F)F)c1. The van der Waals surface area contributed by atoms with Crippen molar-refractivity contribution in [3.05, 3.63) is 53.6 Å². The van der Waals surface area contributed by atoms with Gasteiger partial charge in [0.15, 0.2) is 0 Å². The van der Waals surface area contributed by atoms with Crippen LogP contribution in [-0.4, -0.2) is 5.11 Å². The zero-order valence-electron chi connectivity index (χ0n) is 9.62. The predicted octanol–water partition coefficient (Wildman–Crippen LogP) is 4.39. The highest BCUT2D eigenvalue weighted by atomic mass is 19.4. The zero-order valence-corrected chi connectivity index (χ0v) is 9.62. The third-order valence-electron chi connectivity index (χ3n) is 2.76. The standard InChI is InChI=1S/C14H11F3O/c1-9-4-2-3-5-11(9)10-6-7-13(18)12(8-10)14(15,16)17/h2-8,18H,1H3. The number of halogens is 3. The number of aryl methyl sites for hydroxylation is 1. The minimum absolute atomic E-state index is 0.443. The summed E-state index contributed by atoms with van der Waals surface area (Å²) in [5.41, 5.74) is 1.04. The molecule has 0 aromatic heterocycles. The van der Waals surface area contributed by atoms with Crippen molar-refractivity contribution in [1.29, 1.82) is 0 Å². The Bertz CT molecular complexity index is 573. The Kier molecular flexibility index (Phi) is 3.03. The van der Waals surface area contributed by atoms with Crippen LogP contribution in [0.2, 0.25) is 0 Å². The largest absolute Gasteiger partial charge is 0.507 e. The smallest absolute Gasteiger partial charge is 0.419 e. The van der Waals surface area contributed by atoms with E-state index in [1.54, 1.807) is 12.1 Å². The molecule has 1 N–H and O–H groups in total. The summed E-state index contributed by atoms with van der Waals surface area (Å²) in [6.07, 6.45) is -4.55. The van der Waals surface area contributed by atoms with Gasteiger partial charge in [-0.05, 0) is 35.7 Å². The summed E-state index contributed by atoms with van der Waals surface area (Å²) in [6, 6.07) is 10.7. The molecule has 0 radical (unpaired) electrons. The second-order valence-corrected chi connectivity index (χ2v) is 4.04. The maximum absolute atomic E-state index is 12.7. The van der Waals surface area contributed by atoms with Crippen LogP contribution in [0, 0.1) is 6.92 Å². The quantitative estimate of drug-likeness (QED) is 0.798. The van der Waals surface area contributed by atoms with Crippen LogP contribution in [0.3, 0.4) is 0 Å². The number of aromatic hydroxyl groups is 1. The van der Waals surface area contributed by atoms with E-state index in [0.29, 0.717) is 5.56 Å². The maximum Gasteiger partial charge on any atom is 0.419 e.